The molecule has 1 saturated heterocycles. The third kappa shape index (κ3) is 3.13. The van der Waals surface area contributed by atoms with Crippen molar-refractivity contribution in [3.63, 3.8) is 0 Å². The lowest BCUT2D eigenvalue weighted by Crippen LogP contribution is -2.44. The van der Waals surface area contributed by atoms with Gasteiger partial charge in [-0.2, -0.15) is 9.61 Å². The van der Waals surface area contributed by atoms with Gasteiger partial charge in [0.2, 0.25) is 15.7 Å². The second kappa shape index (κ2) is 5.23. The molecule has 0 saturated carbocycles. The molecule has 1 aliphatic heterocycles. The van der Waals surface area contributed by atoms with Crippen molar-refractivity contribution in [2.24, 2.45) is 0 Å². The molecule has 0 aliphatic carbocycles. The molecule has 3 heterocycles. The van der Waals surface area contributed by atoms with Gasteiger partial charge in [-0.15, -0.1) is 10.2 Å². The third-order valence-electron chi connectivity index (χ3n) is 3.59. The van der Waals surface area contributed by atoms with E-state index >= 15 is 0 Å². The van der Waals surface area contributed by atoms with E-state index in [9.17, 15) is 8.42 Å². The van der Waals surface area contributed by atoms with Gasteiger partial charge in [-0.1, -0.05) is 0 Å². The van der Waals surface area contributed by atoms with E-state index in [0.29, 0.717) is 0 Å². The number of aryl methyl sites for hydroxylation is 1. The summed E-state index contributed by atoms with van der Waals surface area (Å²) >= 11 is 0. The lowest BCUT2D eigenvalue weighted by atomic mass is 10.1. The van der Waals surface area contributed by atoms with Crippen molar-refractivity contribution in [3.05, 3.63) is 18.1 Å². The number of nitrogens with one attached hydrogen (secondary N) is 1. The Bertz CT molecular complexity index is 748. The summed E-state index contributed by atoms with van der Waals surface area (Å²) in [6.45, 7) is 3.49. The fourth-order valence-corrected chi connectivity index (χ4v) is 3.55. The molecule has 0 spiro atoms. The van der Waals surface area contributed by atoms with Crippen LogP contribution in [0.15, 0.2) is 12.4 Å². The van der Waals surface area contributed by atoms with E-state index in [2.05, 4.69) is 24.9 Å². The number of piperidine rings is 1. The molecule has 3 rings (SSSR count). The highest BCUT2D eigenvalue weighted by Gasteiger charge is 2.23. The van der Waals surface area contributed by atoms with Crippen LogP contribution in [0.2, 0.25) is 0 Å². The standard InChI is InChI=1S/C12H18N6O2S/c1-9-7-11(12-14-13-8-18(12)15-9)17-5-3-10(4-6-17)16-21(2,19)20/h7-8,10,16H,3-6H2,1-2H3. The summed E-state index contributed by atoms with van der Waals surface area (Å²) < 4.78 is 26.9. The maximum atomic E-state index is 11.3. The van der Waals surface area contributed by atoms with Crippen LogP contribution in [0.3, 0.4) is 0 Å². The predicted octanol–water partition coefficient (Wildman–Crippen LogP) is -0.0493. The van der Waals surface area contributed by atoms with Crippen molar-refractivity contribution < 1.29 is 8.42 Å². The smallest absolute Gasteiger partial charge is 0.208 e. The van der Waals surface area contributed by atoms with Crippen LogP contribution in [0.25, 0.3) is 5.65 Å². The normalized spacial score (nSPS) is 17.5. The molecule has 0 atom stereocenters. The Morgan fingerprint density at radius 3 is 2.71 bits per heavy atom. The van der Waals surface area contributed by atoms with E-state index in [1.54, 1.807) is 10.8 Å². The number of hydrogen-bond donors (Lipinski definition) is 1. The Balaban J connectivity index is 1.78. The minimum absolute atomic E-state index is 0.00748. The van der Waals surface area contributed by atoms with Crippen molar-refractivity contribution in [1.29, 1.82) is 0 Å². The van der Waals surface area contributed by atoms with E-state index in [0.717, 1.165) is 43.0 Å². The Labute approximate surface area is 123 Å². The van der Waals surface area contributed by atoms with Gasteiger partial charge in [0, 0.05) is 19.1 Å². The zero-order chi connectivity index (χ0) is 15.0. The SMILES string of the molecule is Cc1cc(N2CCC(NS(C)(=O)=O)CC2)c2nncn2n1. The number of hydrogen-bond acceptors (Lipinski definition) is 6. The van der Waals surface area contributed by atoms with Crippen LogP contribution < -0.4 is 9.62 Å². The fourth-order valence-electron chi connectivity index (χ4n) is 2.71. The molecule has 0 radical (unpaired) electrons. The van der Waals surface area contributed by atoms with Gasteiger partial charge >= 0.3 is 0 Å². The number of rotatable bonds is 3. The van der Waals surface area contributed by atoms with Gasteiger partial charge in [-0.3, -0.25) is 0 Å². The lowest BCUT2D eigenvalue weighted by molar-refractivity contribution is 0.461. The molecule has 2 aromatic rings. The van der Waals surface area contributed by atoms with Crippen LogP contribution in [0.1, 0.15) is 18.5 Å². The minimum atomic E-state index is -3.14. The summed E-state index contributed by atoms with van der Waals surface area (Å²) in [5.41, 5.74) is 2.63. The molecular weight excluding hydrogens is 292 g/mol. The first-order valence-electron chi connectivity index (χ1n) is 6.82. The minimum Gasteiger partial charge on any atom is -0.368 e. The Hall–Kier alpha value is -1.74. The van der Waals surface area contributed by atoms with Crippen LogP contribution in [0.4, 0.5) is 5.69 Å². The molecule has 1 N–H and O–H groups in total. The van der Waals surface area contributed by atoms with Crippen LogP contribution in [0.5, 0.6) is 0 Å². The molecule has 1 aliphatic rings. The second-order valence-electron chi connectivity index (χ2n) is 5.42. The molecule has 8 nitrogen and oxygen atoms in total. The van der Waals surface area contributed by atoms with Crippen LogP contribution >= 0.6 is 0 Å². The number of nitrogens with zero attached hydrogens (tertiary/aromatic N) is 5. The Morgan fingerprint density at radius 1 is 1.33 bits per heavy atom. The van der Waals surface area contributed by atoms with Gasteiger partial charge in [-0.25, -0.2) is 13.1 Å². The number of fused-ring (bicyclic) bond motifs is 1. The number of anilines is 1. The van der Waals surface area contributed by atoms with Gasteiger partial charge in [-0.05, 0) is 25.8 Å². The summed E-state index contributed by atoms with van der Waals surface area (Å²) in [6.07, 6.45) is 4.33. The highest BCUT2D eigenvalue weighted by molar-refractivity contribution is 7.88. The first-order valence-corrected chi connectivity index (χ1v) is 8.71. The zero-order valence-electron chi connectivity index (χ0n) is 12.0. The second-order valence-corrected chi connectivity index (χ2v) is 7.20. The summed E-state index contributed by atoms with van der Waals surface area (Å²) in [6, 6.07) is 2.00. The van der Waals surface area contributed by atoms with E-state index in [-0.39, 0.29) is 6.04 Å². The lowest BCUT2D eigenvalue weighted by Gasteiger charge is -2.33. The fraction of sp³-hybridized carbons (Fsp3) is 0.583. The molecule has 114 valence electrons. The van der Waals surface area contributed by atoms with Gasteiger partial charge in [0.15, 0.2) is 0 Å². The van der Waals surface area contributed by atoms with Gasteiger partial charge < -0.3 is 4.90 Å². The van der Waals surface area contributed by atoms with Crippen molar-refractivity contribution in [1.82, 2.24) is 24.5 Å². The summed E-state index contributed by atoms with van der Waals surface area (Å²) in [4.78, 5) is 2.21. The monoisotopic (exact) mass is 310 g/mol. The van der Waals surface area contributed by atoms with E-state index in [4.69, 9.17) is 0 Å². The topological polar surface area (TPSA) is 92.5 Å². The summed E-state index contributed by atoms with van der Waals surface area (Å²) in [5.74, 6) is 0. The van der Waals surface area contributed by atoms with E-state index in [1.807, 2.05) is 13.0 Å². The molecule has 2 aromatic heterocycles. The zero-order valence-corrected chi connectivity index (χ0v) is 12.8. The first-order chi connectivity index (χ1) is 9.92. The molecule has 0 unspecified atom stereocenters. The maximum absolute atomic E-state index is 11.3. The molecule has 0 bridgehead atoms. The van der Waals surface area contributed by atoms with Crippen molar-refractivity contribution in [2.45, 2.75) is 25.8 Å². The first kappa shape index (κ1) is 14.2. The molecule has 0 amide bonds. The van der Waals surface area contributed by atoms with Crippen LogP contribution in [-0.4, -0.2) is 53.6 Å². The Kier molecular flexibility index (Phi) is 3.54. The Morgan fingerprint density at radius 2 is 2.05 bits per heavy atom. The predicted molar refractivity (Wildman–Crippen MR) is 78.7 cm³/mol. The number of sulfonamides is 1. The molecule has 9 heteroatoms. The molecule has 0 aromatic carbocycles. The average molecular weight is 310 g/mol. The van der Waals surface area contributed by atoms with E-state index < -0.39 is 10.0 Å². The molecule has 1 fully saturated rings. The van der Waals surface area contributed by atoms with Gasteiger partial charge in [0.05, 0.1) is 17.6 Å². The number of aromatic nitrogens is 4. The summed E-state index contributed by atoms with van der Waals surface area (Å²) in [5, 5.41) is 12.3. The average Bonchev–Trinajstić information content (AvgIpc) is 2.85. The largest absolute Gasteiger partial charge is 0.368 e. The molecule has 21 heavy (non-hydrogen) atoms. The maximum Gasteiger partial charge on any atom is 0.208 e. The quantitative estimate of drug-likeness (QED) is 0.854. The van der Waals surface area contributed by atoms with Crippen LogP contribution in [0, 0.1) is 6.92 Å². The van der Waals surface area contributed by atoms with Gasteiger partial charge in [0.1, 0.15) is 6.33 Å². The molecular formula is C12H18N6O2S. The third-order valence-corrected chi connectivity index (χ3v) is 4.35. The van der Waals surface area contributed by atoms with Crippen molar-refractivity contribution >= 4 is 21.4 Å². The van der Waals surface area contributed by atoms with Crippen molar-refractivity contribution in [2.75, 3.05) is 24.2 Å². The highest BCUT2D eigenvalue weighted by atomic mass is 32.2. The van der Waals surface area contributed by atoms with Crippen molar-refractivity contribution in [3.8, 4) is 0 Å². The van der Waals surface area contributed by atoms with Gasteiger partial charge in [0.25, 0.3) is 0 Å². The summed E-state index contributed by atoms with van der Waals surface area (Å²) in [7, 11) is -3.14. The van der Waals surface area contributed by atoms with Crippen LogP contribution in [-0.2, 0) is 10.0 Å². The highest BCUT2D eigenvalue weighted by Crippen LogP contribution is 2.24. The van der Waals surface area contributed by atoms with E-state index in [1.165, 1.54) is 6.26 Å².